The van der Waals surface area contributed by atoms with E-state index < -0.39 is 0 Å². The fourth-order valence-electron chi connectivity index (χ4n) is 8.25. The summed E-state index contributed by atoms with van der Waals surface area (Å²) in [6.07, 6.45) is 0. The van der Waals surface area contributed by atoms with Gasteiger partial charge >= 0.3 is 0 Å². The zero-order valence-corrected chi connectivity index (χ0v) is 31.1. The second kappa shape index (κ2) is 12.6. The number of hydrogen-bond acceptors (Lipinski definition) is 6. The first-order valence-corrected chi connectivity index (χ1v) is 19.7. The number of nitrogens with zero attached hydrogens (tertiary/aromatic N) is 3. The molecule has 0 unspecified atom stereocenters. The molecule has 0 saturated heterocycles. The highest BCUT2D eigenvalue weighted by molar-refractivity contribution is 7.25. The lowest BCUT2D eigenvalue weighted by molar-refractivity contribution is 0.669. The van der Waals surface area contributed by atoms with Crippen LogP contribution >= 0.6 is 11.3 Å². The Morgan fingerprint density at radius 2 is 0.877 bits per heavy atom. The monoisotopic (exact) mass is 747 g/mol. The minimum atomic E-state index is 0.557. The fourth-order valence-corrected chi connectivity index (χ4v) is 9.38. The van der Waals surface area contributed by atoms with Crippen LogP contribution in [0.15, 0.2) is 185 Å². The molecule has 266 valence electrons. The minimum absolute atomic E-state index is 0.557. The number of para-hydroxylation sites is 2. The molecule has 0 amide bonds. The van der Waals surface area contributed by atoms with Crippen molar-refractivity contribution >= 4 is 75.4 Å². The van der Waals surface area contributed by atoms with Crippen LogP contribution in [0.3, 0.4) is 0 Å². The number of thiophene rings is 1. The smallest absolute Gasteiger partial charge is 0.164 e. The maximum absolute atomic E-state index is 6.65. The van der Waals surface area contributed by atoms with E-state index in [0.29, 0.717) is 17.5 Å². The van der Waals surface area contributed by atoms with Crippen molar-refractivity contribution in [1.82, 2.24) is 15.0 Å². The van der Waals surface area contributed by atoms with Gasteiger partial charge in [0.25, 0.3) is 0 Å². The van der Waals surface area contributed by atoms with Crippen molar-refractivity contribution in [3.05, 3.63) is 176 Å². The molecule has 0 radical (unpaired) electrons. The Morgan fingerprint density at radius 3 is 1.68 bits per heavy atom. The van der Waals surface area contributed by atoms with Gasteiger partial charge in [-0.25, -0.2) is 15.0 Å². The molecule has 8 aromatic carbocycles. The third kappa shape index (κ3) is 5.19. The fraction of sp³-hybridized carbons (Fsp3) is 0. The van der Waals surface area contributed by atoms with Gasteiger partial charge in [0, 0.05) is 64.0 Å². The van der Waals surface area contributed by atoms with Gasteiger partial charge in [-0.1, -0.05) is 127 Å². The summed E-state index contributed by atoms with van der Waals surface area (Å²) in [7, 11) is 0. The van der Waals surface area contributed by atoms with Crippen molar-refractivity contribution in [2.45, 2.75) is 0 Å². The average Bonchev–Trinajstić information content (AvgIpc) is 3.97. The molecule has 6 heteroatoms. The van der Waals surface area contributed by atoms with Crippen LogP contribution in [0.2, 0.25) is 0 Å². The Balaban J connectivity index is 1.04. The second-order valence-electron chi connectivity index (χ2n) is 14.3. The Kier molecular flexibility index (Phi) is 7.03. The Hall–Kier alpha value is -7.41. The van der Waals surface area contributed by atoms with Crippen LogP contribution in [-0.4, -0.2) is 15.0 Å². The van der Waals surface area contributed by atoms with Gasteiger partial charge in [0.2, 0.25) is 0 Å². The third-order valence-electron chi connectivity index (χ3n) is 10.9. The van der Waals surface area contributed by atoms with Crippen molar-refractivity contribution in [1.29, 1.82) is 0 Å². The summed E-state index contributed by atoms with van der Waals surface area (Å²) in [4.78, 5) is 15.5. The molecule has 4 heterocycles. The molecular weight excluding hydrogens is 719 g/mol. The van der Waals surface area contributed by atoms with Crippen LogP contribution in [0.25, 0.3) is 120 Å². The maximum atomic E-state index is 6.65. The third-order valence-corrected chi connectivity index (χ3v) is 12.1. The zero-order chi connectivity index (χ0) is 37.5. The first-order chi connectivity index (χ1) is 28.2. The molecule has 0 bridgehead atoms. The summed E-state index contributed by atoms with van der Waals surface area (Å²) in [6.45, 7) is 0. The van der Waals surface area contributed by atoms with Gasteiger partial charge in [-0.15, -0.1) is 11.3 Å². The number of benzene rings is 8. The standard InChI is InChI=1S/C51H29N3O2S/c1-2-11-30(12-3-1)36-18-9-19-40-39-26-24-34(29-44(39)56-48(36)40)51-53-49(52-50(54-51)33-23-25-38-37-15-4-6-20-42(37)55-43(38)28-33)32-14-8-13-31(27-32)35-17-10-22-46-47(35)41-16-5-7-21-45(41)57-46/h1-29H. The lowest BCUT2D eigenvalue weighted by Gasteiger charge is -2.10. The number of furan rings is 2. The van der Waals surface area contributed by atoms with Gasteiger partial charge in [-0.05, 0) is 65.2 Å². The van der Waals surface area contributed by atoms with Crippen molar-refractivity contribution in [2.75, 3.05) is 0 Å². The molecule has 5 nitrogen and oxygen atoms in total. The van der Waals surface area contributed by atoms with Crippen molar-refractivity contribution in [3.63, 3.8) is 0 Å². The molecule has 0 fully saturated rings. The van der Waals surface area contributed by atoms with Gasteiger partial charge in [-0.2, -0.15) is 0 Å². The predicted molar refractivity (Wildman–Crippen MR) is 234 cm³/mol. The lowest BCUT2D eigenvalue weighted by atomic mass is 9.98. The highest BCUT2D eigenvalue weighted by atomic mass is 32.1. The van der Waals surface area contributed by atoms with Crippen LogP contribution in [0.1, 0.15) is 0 Å². The van der Waals surface area contributed by atoms with E-state index >= 15 is 0 Å². The van der Waals surface area contributed by atoms with Gasteiger partial charge in [-0.3, -0.25) is 0 Å². The number of hydrogen-bond donors (Lipinski definition) is 0. The lowest BCUT2D eigenvalue weighted by Crippen LogP contribution is -2.00. The van der Waals surface area contributed by atoms with E-state index in [-0.39, 0.29) is 0 Å². The van der Waals surface area contributed by atoms with Crippen LogP contribution in [0.4, 0.5) is 0 Å². The largest absolute Gasteiger partial charge is 0.456 e. The molecule has 0 atom stereocenters. The molecule has 0 aliphatic carbocycles. The van der Waals surface area contributed by atoms with E-state index in [2.05, 4.69) is 140 Å². The van der Waals surface area contributed by atoms with E-state index in [1.807, 2.05) is 47.7 Å². The number of aromatic nitrogens is 3. The first-order valence-electron chi connectivity index (χ1n) is 18.9. The van der Waals surface area contributed by atoms with Crippen molar-refractivity contribution in [3.8, 4) is 56.4 Å². The molecule has 12 rings (SSSR count). The summed E-state index contributed by atoms with van der Waals surface area (Å²) in [5, 5.41) is 6.77. The normalized spacial score (nSPS) is 11.9. The number of rotatable bonds is 5. The SMILES string of the molecule is c1ccc(-c2cccc3c2oc2cc(-c4nc(-c5cccc(-c6cccc7sc8ccccc8c67)c5)nc(-c5ccc6c(c5)oc5ccccc56)n4)ccc23)cc1. The van der Waals surface area contributed by atoms with Gasteiger partial charge in [0.05, 0.1) is 0 Å². The average molecular weight is 748 g/mol. The predicted octanol–water partition coefficient (Wildman–Crippen LogP) is 14.4. The number of fused-ring (bicyclic) bond motifs is 9. The van der Waals surface area contributed by atoms with Crippen LogP contribution < -0.4 is 0 Å². The van der Waals surface area contributed by atoms with Crippen molar-refractivity contribution < 1.29 is 8.83 Å². The van der Waals surface area contributed by atoms with E-state index in [4.69, 9.17) is 23.8 Å². The Labute approximate surface area is 330 Å². The minimum Gasteiger partial charge on any atom is -0.456 e. The first kappa shape index (κ1) is 31.9. The molecule has 4 aromatic heterocycles. The van der Waals surface area contributed by atoms with Crippen LogP contribution in [0, 0.1) is 0 Å². The summed E-state index contributed by atoms with van der Waals surface area (Å²) < 4.78 is 15.5. The van der Waals surface area contributed by atoms with E-state index in [9.17, 15) is 0 Å². The Morgan fingerprint density at radius 1 is 0.333 bits per heavy atom. The molecule has 0 spiro atoms. The van der Waals surface area contributed by atoms with Crippen molar-refractivity contribution in [2.24, 2.45) is 0 Å². The van der Waals surface area contributed by atoms with Crippen LogP contribution in [0.5, 0.6) is 0 Å². The molecule has 0 aliphatic heterocycles. The van der Waals surface area contributed by atoms with E-state index in [1.54, 1.807) is 0 Å². The molecule has 12 aromatic rings. The highest BCUT2D eigenvalue weighted by Gasteiger charge is 2.18. The maximum Gasteiger partial charge on any atom is 0.164 e. The molecule has 0 aliphatic rings. The second-order valence-corrected chi connectivity index (χ2v) is 15.4. The highest BCUT2D eigenvalue weighted by Crippen LogP contribution is 2.42. The summed E-state index contributed by atoms with van der Waals surface area (Å²) in [5.74, 6) is 1.70. The molecule has 0 N–H and O–H groups in total. The summed E-state index contributed by atoms with van der Waals surface area (Å²) in [6, 6.07) is 60.9. The molecular formula is C51H29N3O2S. The molecule has 57 heavy (non-hydrogen) atoms. The van der Waals surface area contributed by atoms with Gasteiger partial charge < -0.3 is 8.83 Å². The van der Waals surface area contributed by atoms with Crippen LogP contribution in [-0.2, 0) is 0 Å². The topological polar surface area (TPSA) is 65.0 Å². The quantitative estimate of drug-likeness (QED) is 0.175. The van der Waals surface area contributed by atoms with E-state index in [1.165, 1.54) is 25.7 Å². The van der Waals surface area contributed by atoms with Gasteiger partial charge in [0.15, 0.2) is 17.5 Å². The summed E-state index contributed by atoms with van der Waals surface area (Å²) in [5.41, 5.74) is 10.3. The Bertz CT molecular complexity index is 3540. The molecule has 0 saturated carbocycles. The van der Waals surface area contributed by atoms with E-state index in [0.717, 1.165) is 77.3 Å². The summed E-state index contributed by atoms with van der Waals surface area (Å²) >= 11 is 1.83. The van der Waals surface area contributed by atoms with Gasteiger partial charge in [0.1, 0.15) is 22.3 Å². The zero-order valence-electron chi connectivity index (χ0n) is 30.3.